The molecule has 0 aromatic carbocycles. The quantitative estimate of drug-likeness (QED) is 0.724. The molecule has 0 fully saturated rings. The number of nitrogens with zero attached hydrogens (tertiary/aromatic N) is 2. The number of aromatic amines is 1. The van der Waals surface area contributed by atoms with Crippen molar-refractivity contribution in [1.29, 1.82) is 0 Å². The predicted molar refractivity (Wildman–Crippen MR) is 74.1 cm³/mol. The third-order valence-electron chi connectivity index (χ3n) is 2.58. The maximum atomic E-state index is 5.68. The summed E-state index contributed by atoms with van der Waals surface area (Å²) in [6.07, 6.45) is 1.78. The first-order valence-corrected chi connectivity index (χ1v) is 6.67. The van der Waals surface area contributed by atoms with Gasteiger partial charge in [-0.25, -0.2) is 9.97 Å². The molecule has 4 nitrogen and oxygen atoms in total. The van der Waals surface area contributed by atoms with Gasteiger partial charge in [0.25, 0.3) is 0 Å². The monoisotopic (exact) mass is 308 g/mol. The number of aryl methyl sites for hydroxylation is 1. The van der Waals surface area contributed by atoms with E-state index < -0.39 is 0 Å². The highest BCUT2D eigenvalue weighted by molar-refractivity contribution is 9.10. The fraction of sp³-hybridized carbons (Fsp3) is 0.0909. The van der Waals surface area contributed by atoms with Gasteiger partial charge in [-0.3, -0.25) is 0 Å². The highest BCUT2D eigenvalue weighted by Gasteiger charge is 2.14. The molecule has 86 valence electrons. The first-order valence-electron chi connectivity index (χ1n) is 5.00. The molecule has 0 bridgehead atoms. The summed E-state index contributed by atoms with van der Waals surface area (Å²) in [7, 11) is 0. The van der Waals surface area contributed by atoms with Crippen molar-refractivity contribution in [2.24, 2.45) is 0 Å². The number of anilines is 1. The minimum atomic E-state index is 0.580. The maximum absolute atomic E-state index is 5.68. The van der Waals surface area contributed by atoms with Crippen LogP contribution in [0.5, 0.6) is 0 Å². The molecule has 0 saturated carbocycles. The van der Waals surface area contributed by atoms with E-state index in [4.69, 9.17) is 5.73 Å². The number of thiazole rings is 1. The molecule has 0 saturated heterocycles. The second-order valence-electron chi connectivity index (χ2n) is 3.75. The fourth-order valence-electron chi connectivity index (χ4n) is 1.90. The molecular weight excluding hydrogens is 300 g/mol. The molecule has 3 N–H and O–H groups in total. The van der Waals surface area contributed by atoms with Crippen molar-refractivity contribution in [2.75, 3.05) is 5.73 Å². The zero-order valence-corrected chi connectivity index (χ0v) is 11.4. The van der Waals surface area contributed by atoms with Crippen molar-refractivity contribution in [1.82, 2.24) is 15.0 Å². The summed E-state index contributed by atoms with van der Waals surface area (Å²) in [6, 6.07) is 2.04. The third kappa shape index (κ3) is 1.73. The van der Waals surface area contributed by atoms with Crippen molar-refractivity contribution < 1.29 is 0 Å². The van der Waals surface area contributed by atoms with Crippen molar-refractivity contribution >= 4 is 43.4 Å². The zero-order chi connectivity index (χ0) is 12.0. The van der Waals surface area contributed by atoms with Gasteiger partial charge < -0.3 is 10.7 Å². The van der Waals surface area contributed by atoms with Gasteiger partial charge in [-0.15, -0.1) is 11.3 Å². The molecule has 0 radical (unpaired) electrons. The lowest BCUT2D eigenvalue weighted by atomic mass is 10.1. The van der Waals surface area contributed by atoms with Gasteiger partial charge in [-0.05, 0) is 28.9 Å². The average molecular weight is 309 g/mol. The lowest BCUT2D eigenvalue weighted by Crippen LogP contribution is -1.84. The van der Waals surface area contributed by atoms with Gasteiger partial charge >= 0.3 is 0 Å². The lowest BCUT2D eigenvalue weighted by molar-refractivity contribution is 1.24. The molecule has 0 spiro atoms. The van der Waals surface area contributed by atoms with Crippen molar-refractivity contribution in [2.45, 2.75) is 6.92 Å². The second kappa shape index (κ2) is 3.82. The Hall–Kier alpha value is -1.40. The van der Waals surface area contributed by atoms with Gasteiger partial charge in [0.2, 0.25) is 0 Å². The van der Waals surface area contributed by atoms with Gasteiger partial charge in [-0.1, -0.05) is 0 Å². The molecule has 3 aromatic rings. The number of hydrogen-bond donors (Lipinski definition) is 2. The van der Waals surface area contributed by atoms with Crippen molar-refractivity contribution in [3.63, 3.8) is 0 Å². The minimum absolute atomic E-state index is 0.580. The summed E-state index contributed by atoms with van der Waals surface area (Å²) in [5, 5.41) is 3.60. The fourth-order valence-corrected chi connectivity index (χ4v) is 2.79. The Kier molecular flexibility index (Phi) is 2.41. The Bertz CT molecular complexity index is 701. The first kappa shape index (κ1) is 10.7. The third-order valence-corrected chi connectivity index (χ3v) is 3.69. The van der Waals surface area contributed by atoms with Gasteiger partial charge in [0.15, 0.2) is 5.13 Å². The number of hydrogen-bond acceptors (Lipinski definition) is 4. The van der Waals surface area contributed by atoms with Crippen LogP contribution in [0.25, 0.3) is 22.3 Å². The normalized spacial score (nSPS) is 11.2. The Morgan fingerprint density at radius 2 is 2.29 bits per heavy atom. The number of pyridine rings is 1. The molecule has 3 rings (SSSR count). The van der Waals surface area contributed by atoms with Crippen LogP contribution in [0.3, 0.4) is 0 Å². The van der Waals surface area contributed by atoms with Gasteiger partial charge in [0.1, 0.15) is 5.65 Å². The smallest absolute Gasteiger partial charge is 0.180 e. The summed E-state index contributed by atoms with van der Waals surface area (Å²) < 4.78 is 0.952. The van der Waals surface area contributed by atoms with Crippen LogP contribution in [-0.4, -0.2) is 15.0 Å². The van der Waals surface area contributed by atoms with E-state index in [1.54, 1.807) is 6.20 Å². The van der Waals surface area contributed by atoms with E-state index in [0.29, 0.717) is 5.13 Å². The largest absolute Gasteiger partial charge is 0.375 e. The standard InChI is InChI=1S/C11H9BrN4S/c1-5-9(8-4-17-11(13)16-8)7-2-6(12)3-14-10(7)15-5/h2-4H,1H3,(H2,13,16)(H,14,15). The Morgan fingerprint density at radius 1 is 1.47 bits per heavy atom. The van der Waals surface area contributed by atoms with E-state index in [0.717, 1.165) is 32.5 Å². The van der Waals surface area contributed by atoms with E-state index in [2.05, 4.69) is 30.9 Å². The van der Waals surface area contributed by atoms with Gasteiger partial charge in [0.05, 0.1) is 5.69 Å². The van der Waals surface area contributed by atoms with Crippen molar-refractivity contribution in [3.8, 4) is 11.3 Å². The van der Waals surface area contributed by atoms with Crippen LogP contribution >= 0.6 is 27.3 Å². The molecule has 3 aromatic heterocycles. The van der Waals surface area contributed by atoms with Crippen LogP contribution in [-0.2, 0) is 0 Å². The number of nitrogen functional groups attached to an aromatic ring is 1. The minimum Gasteiger partial charge on any atom is -0.375 e. The maximum Gasteiger partial charge on any atom is 0.180 e. The van der Waals surface area contributed by atoms with Gasteiger partial charge in [0, 0.05) is 32.7 Å². The average Bonchev–Trinajstić information content (AvgIpc) is 2.81. The molecule has 17 heavy (non-hydrogen) atoms. The van der Waals surface area contributed by atoms with E-state index in [-0.39, 0.29) is 0 Å². The predicted octanol–water partition coefficient (Wildman–Crippen LogP) is 3.34. The summed E-state index contributed by atoms with van der Waals surface area (Å²) in [5.41, 5.74) is 9.57. The number of aromatic nitrogens is 3. The summed E-state index contributed by atoms with van der Waals surface area (Å²) in [6.45, 7) is 2.01. The van der Waals surface area contributed by atoms with E-state index in [1.165, 1.54) is 11.3 Å². The molecule has 0 aliphatic rings. The number of H-pyrrole nitrogens is 1. The zero-order valence-electron chi connectivity index (χ0n) is 8.99. The number of nitrogens with one attached hydrogen (secondary N) is 1. The Labute approximate surface area is 110 Å². The van der Waals surface area contributed by atoms with E-state index >= 15 is 0 Å². The topological polar surface area (TPSA) is 67.6 Å². The summed E-state index contributed by atoms with van der Waals surface area (Å²) in [5.74, 6) is 0. The molecule has 0 amide bonds. The van der Waals surface area contributed by atoms with Gasteiger partial charge in [-0.2, -0.15) is 0 Å². The number of rotatable bonds is 1. The van der Waals surface area contributed by atoms with Crippen LogP contribution < -0.4 is 5.73 Å². The molecule has 6 heteroatoms. The van der Waals surface area contributed by atoms with Crippen LogP contribution in [0.1, 0.15) is 5.69 Å². The van der Waals surface area contributed by atoms with Crippen LogP contribution in [0, 0.1) is 6.92 Å². The number of fused-ring (bicyclic) bond motifs is 1. The highest BCUT2D eigenvalue weighted by Crippen LogP contribution is 2.33. The molecule has 3 heterocycles. The lowest BCUT2D eigenvalue weighted by Gasteiger charge is -1.96. The highest BCUT2D eigenvalue weighted by atomic mass is 79.9. The van der Waals surface area contributed by atoms with Crippen LogP contribution in [0.4, 0.5) is 5.13 Å². The van der Waals surface area contributed by atoms with E-state index in [1.807, 2.05) is 18.4 Å². The molecule has 0 atom stereocenters. The van der Waals surface area contributed by atoms with Crippen LogP contribution in [0.15, 0.2) is 22.1 Å². The number of halogens is 1. The second-order valence-corrected chi connectivity index (χ2v) is 5.55. The summed E-state index contributed by atoms with van der Waals surface area (Å²) >= 11 is 4.88. The summed E-state index contributed by atoms with van der Waals surface area (Å²) in [4.78, 5) is 11.9. The Morgan fingerprint density at radius 3 is 3.00 bits per heavy atom. The van der Waals surface area contributed by atoms with Crippen LogP contribution in [0.2, 0.25) is 0 Å². The number of nitrogens with two attached hydrogens (primary N) is 1. The first-order chi connectivity index (χ1) is 8.15. The molecular formula is C11H9BrN4S. The Balaban J connectivity index is 2.34. The molecule has 0 aliphatic carbocycles. The van der Waals surface area contributed by atoms with Crippen molar-refractivity contribution in [3.05, 3.63) is 27.8 Å². The molecule has 0 unspecified atom stereocenters. The van der Waals surface area contributed by atoms with E-state index in [9.17, 15) is 0 Å². The SMILES string of the molecule is Cc1[nH]c2ncc(Br)cc2c1-c1csc(N)n1. The molecule has 0 aliphatic heterocycles.